The second kappa shape index (κ2) is 8.74. The van der Waals surface area contributed by atoms with Crippen molar-refractivity contribution in [3.05, 3.63) is 53.9 Å². The summed E-state index contributed by atoms with van der Waals surface area (Å²) in [6.45, 7) is 1.23. The highest BCUT2D eigenvalue weighted by atomic mass is 16.5. The summed E-state index contributed by atoms with van der Waals surface area (Å²) < 4.78 is 16.7. The molecule has 0 bridgehead atoms. The molecular weight excluding hydrogens is 404 g/mol. The summed E-state index contributed by atoms with van der Waals surface area (Å²) in [6.07, 6.45) is -6.08. The van der Waals surface area contributed by atoms with Crippen LogP contribution in [-0.4, -0.2) is 68.8 Å². The Morgan fingerprint density at radius 2 is 1.77 bits per heavy atom. The Kier molecular flexibility index (Phi) is 6.03. The molecule has 0 amide bonds. The predicted octanol–water partition coefficient (Wildman–Crippen LogP) is 1.24. The first-order valence-corrected chi connectivity index (χ1v) is 9.82. The van der Waals surface area contributed by atoms with Crippen molar-refractivity contribution in [2.75, 3.05) is 13.7 Å². The number of benzene rings is 2. The number of nitrogens with zero attached hydrogens (tertiary/aromatic N) is 2. The summed E-state index contributed by atoms with van der Waals surface area (Å²) in [5, 5.41) is 47.9. The van der Waals surface area contributed by atoms with Gasteiger partial charge in [0.2, 0.25) is 11.8 Å². The van der Waals surface area contributed by atoms with E-state index in [9.17, 15) is 20.4 Å². The van der Waals surface area contributed by atoms with Crippen LogP contribution in [0.15, 0.2) is 46.9 Å². The summed E-state index contributed by atoms with van der Waals surface area (Å²) in [5.74, 6) is 1.43. The zero-order chi connectivity index (χ0) is 22.1. The van der Waals surface area contributed by atoms with Crippen molar-refractivity contribution in [2.45, 2.75) is 37.4 Å². The van der Waals surface area contributed by atoms with E-state index in [1.54, 1.807) is 38.3 Å². The number of rotatable bonds is 5. The number of aliphatic hydroxyl groups is 4. The Hall–Kier alpha value is -2.82. The highest BCUT2D eigenvalue weighted by molar-refractivity contribution is 5.74. The number of hydrogen-bond acceptors (Lipinski definition) is 9. The number of aryl methyl sites for hydroxylation is 1. The van der Waals surface area contributed by atoms with Gasteiger partial charge in [-0.25, -0.2) is 0 Å². The number of methoxy groups -OCH3 is 1. The molecule has 0 radical (unpaired) electrons. The minimum Gasteiger partial charge on any atom is -0.496 e. The monoisotopic (exact) mass is 428 g/mol. The molecule has 4 rings (SSSR count). The zero-order valence-corrected chi connectivity index (χ0v) is 17.0. The number of hydrogen-bond donors (Lipinski definition) is 4. The minimum atomic E-state index is -1.44. The van der Waals surface area contributed by atoms with Gasteiger partial charge in [0.25, 0.3) is 0 Å². The third kappa shape index (κ3) is 4.06. The Labute approximate surface area is 178 Å². The molecule has 0 aliphatic carbocycles. The largest absolute Gasteiger partial charge is 0.496 e. The first-order chi connectivity index (χ1) is 14.9. The maximum atomic E-state index is 10.4. The Morgan fingerprint density at radius 3 is 2.45 bits per heavy atom. The van der Waals surface area contributed by atoms with E-state index in [0.717, 1.165) is 11.1 Å². The Morgan fingerprint density at radius 1 is 0.968 bits per heavy atom. The zero-order valence-electron chi connectivity index (χ0n) is 17.0. The second-order valence-electron chi connectivity index (χ2n) is 7.42. The van der Waals surface area contributed by atoms with Gasteiger partial charge in [-0.3, -0.25) is 0 Å². The molecule has 0 spiro atoms. The lowest BCUT2D eigenvalue weighted by Crippen LogP contribution is -2.55. The molecule has 2 heterocycles. The third-order valence-corrected chi connectivity index (χ3v) is 5.39. The van der Waals surface area contributed by atoms with Crippen LogP contribution >= 0.6 is 0 Å². The van der Waals surface area contributed by atoms with Gasteiger partial charge in [-0.2, -0.15) is 0 Å². The van der Waals surface area contributed by atoms with Gasteiger partial charge in [0.05, 0.1) is 13.7 Å². The molecule has 9 nitrogen and oxygen atoms in total. The van der Waals surface area contributed by atoms with Crippen molar-refractivity contribution < 1.29 is 34.3 Å². The van der Waals surface area contributed by atoms with Gasteiger partial charge >= 0.3 is 0 Å². The maximum absolute atomic E-state index is 10.4. The molecule has 1 fully saturated rings. The van der Waals surface area contributed by atoms with E-state index < -0.39 is 37.1 Å². The van der Waals surface area contributed by atoms with Gasteiger partial charge in [0.1, 0.15) is 36.3 Å². The van der Waals surface area contributed by atoms with Crippen LogP contribution < -0.4 is 4.74 Å². The van der Waals surface area contributed by atoms with E-state index in [2.05, 4.69) is 10.2 Å². The van der Waals surface area contributed by atoms with Crippen molar-refractivity contribution >= 4 is 0 Å². The standard InChI is InChI=1S/C22H24N2O7/c1-11-23-24-22(30-11)14-6-7-15(16(9-14)29-2)12-4-3-5-13(8-12)21-20(28)19(27)18(26)17(10-25)31-21/h3-9,17-21,25-28H,10H2,1-2H3/t17-,18-,19+,20+,21-/m1/s1. The molecule has 5 atom stereocenters. The number of aliphatic hydroxyl groups excluding tert-OH is 4. The van der Waals surface area contributed by atoms with E-state index in [-0.39, 0.29) is 0 Å². The molecular formula is C22H24N2O7. The molecule has 1 aliphatic heterocycles. The molecule has 4 N–H and O–H groups in total. The summed E-state index contributed by atoms with van der Waals surface area (Å²) in [4.78, 5) is 0. The van der Waals surface area contributed by atoms with Crippen LogP contribution in [0.5, 0.6) is 5.75 Å². The highest BCUT2D eigenvalue weighted by Gasteiger charge is 2.43. The van der Waals surface area contributed by atoms with Gasteiger partial charge in [-0.1, -0.05) is 18.2 Å². The number of ether oxygens (including phenoxy) is 2. The fraction of sp³-hybridized carbons (Fsp3) is 0.364. The van der Waals surface area contributed by atoms with Crippen molar-refractivity contribution in [3.63, 3.8) is 0 Å². The van der Waals surface area contributed by atoms with Gasteiger partial charge in [-0.05, 0) is 35.4 Å². The average Bonchev–Trinajstić information content (AvgIpc) is 3.23. The molecule has 164 valence electrons. The first-order valence-electron chi connectivity index (χ1n) is 9.82. The van der Waals surface area contributed by atoms with E-state index in [1.807, 2.05) is 18.2 Å². The van der Waals surface area contributed by atoms with Crippen LogP contribution in [0, 0.1) is 6.92 Å². The van der Waals surface area contributed by atoms with Crippen molar-refractivity contribution in [2.24, 2.45) is 0 Å². The summed E-state index contributed by atoms with van der Waals surface area (Å²) in [6, 6.07) is 12.7. The minimum absolute atomic E-state index is 0.386. The fourth-order valence-electron chi connectivity index (χ4n) is 3.74. The third-order valence-electron chi connectivity index (χ3n) is 5.39. The molecule has 0 saturated carbocycles. The molecule has 0 unspecified atom stereocenters. The Bertz CT molecular complexity index is 1050. The molecule has 3 aromatic rings. The van der Waals surface area contributed by atoms with E-state index in [0.29, 0.717) is 28.7 Å². The quantitative estimate of drug-likeness (QED) is 0.473. The molecule has 31 heavy (non-hydrogen) atoms. The number of aromatic nitrogens is 2. The topological polar surface area (TPSA) is 138 Å². The van der Waals surface area contributed by atoms with Crippen LogP contribution in [-0.2, 0) is 4.74 Å². The average molecular weight is 428 g/mol. The van der Waals surface area contributed by atoms with Crippen LogP contribution in [0.3, 0.4) is 0 Å². The fourth-order valence-corrected chi connectivity index (χ4v) is 3.74. The van der Waals surface area contributed by atoms with Crippen LogP contribution in [0.2, 0.25) is 0 Å². The van der Waals surface area contributed by atoms with Crippen LogP contribution in [0.25, 0.3) is 22.6 Å². The van der Waals surface area contributed by atoms with Crippen LogP contribution in [0.1, 0.15) is 17.6 Å². The van der Waals surface area contributed by atoms with Gasteiger partial charge < -0.3 is 34.3 Å². The van der Waals surface area contributed by atoms with Crippen molar-refractivity contribution in [1.82, 2.24) is 10.2 Å². The molecule has 2 aromatic carbocycles. The van der Waals surface area contributed by atoms with E-state index in [4.69, 9.17) is 13.9 Å². The lowest BCUT2D eigenvalue weighted by molar-refractivity contribution is -0.231. The molecule has 1 aliphatic rings. The van der Waals surface area contributed by atoms with Crippen molar-refractivity contribution in [1.29, 1.82) is 0 Å². The molecule has 1 saturated heterocycles. The lowest BCUT2D eigenvalue weighted by atomic mass is 9.90. The van der Waals surface area contributed by atoms with E-state index in [1.165, 1.54) is 0 Å². The highest BCUT2D eigenvalue weighted by Crippen LogP contribution is 2.37. The van der Waals surface area contributed by atoms with E-state index >= 15 is 0 Å². The van der Waals surface area contributed by atoms with Gasteiger partial charge in [-0.15, -0.1) is 10.2 Å². The summed E-state index contributed by atoms with van der Waals surface area (Å²) in [5.41, 5.74) is 2.88. The first kappa shape index (κ1) is 21.4. The predicted molar refractivity (Wildman–Crippen MR) is 109 cm³/mol. The normalized spacial score (nSPS) is 26.1. The molecule has 9 heteroatoms. The second-order valence-corrected chi connectivity index (χ2v) is 7.42. The lowest BCUT2D eigenvalue weighted by Gasteiger charge is -2.40. The van der Waals surface area contributed by atoms with Gasteiger partial charge in [0.15, 0.2) is 0 Å². The van der Waals surface area contributed by atoms with Crippen LogP contribution in [0.4, 0.5) is 0 Å². The Balaban J connectivity index is 1.68. The van der Waals surface area contributed by atoms with Crippen molar-refractivity contribution in [3.8, 4) is 28.3 Å². The maximum Gasteiger partial charge on any atom is 0.247 e. The summed E-state index contributed by atoms with van der Waals surface area (Å²) >= 11 is 0. The smallest absolute Gasteiger partial charge is 0.247 e. The van der Waals surface area contributed by atoms with Gasteiger partial charge in [0, 0.05) is 18.1 Å². The molecule has 1 aromatic heterocycles. The summed E-state index contributed by atoms with van der Waals surface area (Å²) in [7, 11) is 1.56. The SMILES string of the molecule is COc1cc(-c2nnc(C)o2)ccc1-c1cccc([C@H]2O[C@H](CO)[C@@H](O)[C@H](O)[C@@H]2O)c1.